The van der Waals surface area contributed by atoms with Crippen molar-refractivity contribution in [2.24, 2.45) is 17.3 Å². The van der Waals surface area contributed by atoms with Gasteiger partial charge < -0.3 is 9.42 Å². The van der Waals surface area contributed by atoms with Gasteiger partial charge in [0.05, 0.1) is 17.1 Å². The maximum Gasteiger partial charge on any atom is 0.139 e. The van der Waals surface area contributed by atoms with Gasteiger partial charge in [-0.2, -0.15) is 0 Å². The zero-order valence-electron chi connectivity index (χ0n) is 24.2. The molecule has 0 radical (unpaired) electrons. The van der Waals surface area contributed by atoms with Crippen LogP contribution in [0.25, 0.3) is 0 Å². The summed E-state index contributed by atoms with van der Waals surface area (Å²) in [6, 6.07) is 9.49. The molecule has 1 aromatic rings. The molecule has 5 unspecified atom stereocenters. The Labute approximate surface area is 265 Å². The maximum absolute atomic E-state index is 13.3. The molecule has 0 amide bonds. The van der Waals surface area contributed by atoms with Crippen LogP contribution in [0.4, 0.5) is 5.69 Å². The predicted molar refractivity (Wildman–Crippen MR) is 184 cm³/mol. The van der Waals surface area contributed by atoms with Gasteiger partial charge in [0.2, 0.25) is 0 Å². The molecular formula is C33H45INO2PS2. The lowest BCUT2D eigenvalue weighted by atomic mass is 9.53. The summed E-state index contributed by atoms with van der Waals surface area (Å²) in [4.78, 5) is 15.7. The van der Waals surface area contributed by atoms with Crippen LogP contribution < -0.4 is 4.90 Å². The fourth-order valence-electron chi connectivity index (χ4n) is 8.56. The third-order valence-corrected chi connectivity index (χ3v) is 15.3. The van der Waals surface area contributed by atoms with E-state index in [-0.39, 0.29) is 5.41 Å². The number of hydrogen-bond donors (Lipinski definition) is 0. The minimum Gasteiger partial charge on any atom is -0.375 e. The first-order valence-electron chi connectivity index (χ1n) is 15.5. The molecule has 5 aliphatic rings. The highest BCUT2D eigenvalue weighted by Gasteiger charge is 2.56. The van der Waals surface area contributed by atoms with Gasteiger partial charge >= 0.3 is 0 Å². The Morgan fingerprint density at radius 3 is 2.60 bits per heavy atom. The van der Waals surface area contributed by atoms with Crippen LogP contribution >= 0.6 is 52.0 Å². The summed E-state index contributed by atoms with van der Waals surface area (Å²) >= 11 is 6.67. The number of carbonyl (C=O) groups excluding carboxylic acids is 1. The number of halogens is 1. The number of allylic oxidation sites excluding steroid dienone is 3. The van der Waals surface area contributed by atoms with E-state index in [0.717, 1.165) is 32.4 Å². The zero-order valence-corrected chi connectivity index (χ0v) is 29.0. The van der Waals surface area contributed by atoms with E-state index < -0.39 is 0 Å². The van der Waals surface area contributed by atoms with Gasteiger partial charge in [-0.25, -0.2) is 0 Å². The average molecular weight is 710 g/mol. The summed E-state index contributed by atoms with van der Waals surface area (Å²) in [5.74, 6) is 4.64. The smallest absolute Gasteiger partial charge is 0.139 e. The summed E-state index contributed by atoms with van der Waals surface area (Å²) in [6.07, 6.45) is 15.5. The topological polar surface area (TPSA) is 29.5 Å². The summed E-state index contributed by atoms with van der Waals surface area (Å²) in [5.41, 5.74) is 7.70. The zero-order chi connectivity index (χ0) is 27.7. The van der Waals surface area contributed by atoms with E-state index in [0.29, 0.717) is 34.1 Å². The first-order valence-corrected chi connectivity index (χ1v) is 21.5. The minimum atomic E-state index is -0.148. The molecule has 7 heteroatoms. The molecule has 1 spiro atoms. The molecule has 4 aliphatic carbocycles. The lowest BCUT2D eigenvalue weighted by Crippen LogP contribution is -2.43. The molecule has 0 bridgehead atoms. The van der Waals surface area contributed by atoms with Gasteiger partial charge in [0.1, 0.15) is 5.78 Å². The van der Waals surface area contributed by atoms with E-state index in [4.69, 9.17) is 4.52 Å². The fourth-order valence-corrected chi connectivity index (χ4v) is 12.6. The van der Waals surface area contributed by atoms with Gasteiger partial charge in [-0.1, -0.05) is 43.5 Å². The van der Waals surface area contributed by atoms with Crippen LogP contribution in [0.3, 0.4) is 0 Å². The lowest BCUT2D eigenvalue weighted by Gasteiger charge is -2.51. The van der Waals surface area contributed by atoms with Crippen molar-refractivity contribution < 1.29 is 9.32 Å². The SMILES string of the molecule is CN(CCCCCCOPI)c1ccc(C2CC3(C)C(=O)CCC3C3CCC4=CC5(CCC4=C23)SCCS5)cc1. The highest BCUT2D eigenvalue weighted by Crippen LogP contribution is 2.64. The number of hydrogen-bond acceptors (Lipinski definition) is 5. The Balaban J connectivity index is 1.23. The molecular weight excluding hydrogens is 664 g/mol. The molecule has 218 valence electrons. The van der Waals surface area contributed by atoms with E-state index >= 15 is 0 Å². The predicted octanol–water partition coefficient (Wildman–Crippen LogP) is 9.72. The van der Waals surface area contributed by atoms with Gasteiger partial charge in [0.15, 0.2) is 0 Å². The second kappa shape index (κ2) is 12.9. The normalized spacial score (nSPS) is 31.0. The number of thioether (sulfide) groups is 2. The summed E-state index contributed by atoms with van der Waals surface area (Å²) in [7, 11) is 2.23. The number of benzene rings is 1. The Kier molecular flexibility index (Phi) is 9.70. The molecule has 3 nitrogen and oxygen atoms in total. The van der Waals surface area contributed by atoms with Gasteiger partial charge in [-0.05, 0) is 114 Å². The Morgan fingerprint density at radius 1 is 1.05 bits per heavy atom. The first-order chi connectivity index (χ1) is 19.4. The first kappa shape index (κ1) is 30.0. The third-order valence-electron chi connectivity index (χ3n) is 10.7. The number of Topliss-reactive ketones (excluding diaryl/α,β-unsaturated/α-hetero) is 1. The van der Waals surface area contributed by atoms with Gasteiger partial charge in [-0.15, -0.1) is 23.5 Å². The Morgan fingerprint density at radius 2 is 1.82 bits per heavy atom. The molecule has 1 aliphatic heterocycles. The highest BCUT2D eigenvalue weighted by molar-refractivity contribution is 14.2. The summed E-state index contributed by atoms with van der Waals surface area (Å²) in [5, 5.41) is 0. The molecule has 6 rings (SSSR count). The monoisotopic (exact) mass is 709 g/mol. The molecule has 0 N–H and O–H groups in total. The number of rotatable bonds is 10. The summed E-state index contributed by atoms with van der Waals surface area (Å²) in [6.45, 7) is 4.90. The van der Waals surface area contributed by atoms with Crippen LogP contribution in [0.2, 0.25) is 0 Å². The van der Waals surface area contributed by atoms with E-state index in [1.54, 1.807) is 16.7 Å². The van der Waals surface area contributed by atoms with Crippen molar-refractivity contribution in [1.29, 1.82) is 0 Å². The van der Waals surface area contributed by atoms with Crippen LogP contribution in [-0.2, 0) is 9.32 Å². The van der Waals surface area contributed by atoms with Crippen molar-refractivity contribution in [1.82, 2.24) is 0 Å². The number of anilines is 1. The number of carbonyl (C=O) groups is 1. The van der Waals surface area contributed by atoms with Crippen LogP contribution in [0.15, 0.2) is 47.1 Å². The molecule has 2 saturated carbocycles. The quantitative estimate of drug-likeness (QED) is 0.137. The minimum absolute atomic E-state index is 0.148. The van der Waals surface area contributed by atoms with E-state index in [1.165, 1.54) is 74.1 Å². The lowest BCUT2D eigenvalue weighted by molar-refractivity contribution is -0.128. The van der Waals surface area contributed by atoms with Crippen molar-refractivity contribution in [2.75, 3.05) is 36.6 Å². The number of fused-ring (bicyclic) bond motifs is 4. The Bertz CT molecular complexity index is 1150. The number of unbranched alkanes of at least 4 members (excludes halogenated alkanes) is 3. The van der Waals surface area contributed by atoms with Crippen molar-refractivity contribution in [3.8, 4) is 0 Å². The standard InChI is InChI=1S/C33H45INO2PS2/c1-32-22-28(23-7-10-25(11-8-23)35(2)17-5-3-4-6-18-37-38-34)31-26-15-16-33(39-19-20-40-33)21-24(26)9-12-27(31)29(32)13-14-30(32)36/h7-8,10-11,21,27-29,38H,3-6,9,12-20,22H2,1-2H3. The highest BCUT2D eigenvalue weighted by atomic mass is 127. The molecule has 0 aromatic heterocycles. The van der Waals surface area contributed by atoms with Crippen molar-refractivity contribution in [3.05, 3.63) is 52.6 Å². The van der Waals surface area contributed by atoms with E-state index in [9.17, 15) is 4.79 Å². The van der Waals surface area contributed by atoms with E-state index in [1.807, 2.05) is 0 Å². The molecule has 1 aromatic carbocycles. The number of ketones is 1. The van der Waals surface area contributed by atoms with Gasteiger partial charge in [0.25, 0.3) is 0 Å². The summed E-state index contributed by atoms with van der Waals surface area (Å²) < 4.78 is 5.83. The third kappa shape index (κ3) is 5.88. The second-order valence-corrected chi connectivity index (χ2v) is 17.7. The second-order valence-electron chi connectivity index (χ2n) is 12.9. The van der Waals surface area contributed by atoms with Crippen molar-refractivity contribution >= 4 is 63.5 Å². The van der Waals surface area contributed by atoms with Gasteiger partial charge in [0, 0.05) is 48.5 Å². The molecule has 40 heavy (non-hydrogen) atoms. The fraction of sp³-hybridized carbons (Fsp3) is 0.667. The maximum atomic E-state index is 13.3. The molecule has 1 heterocycles. The number of nitrogens with zero attached hydrogens (tertiary/aromatic N) is 1. The largest absolute Gasteiger partial charge is 0.375 e. The Hall–Kier alpha value is -0.0100. The molecule has 1 saturated heterocycles. The van der Waals surface area contributed by atoms with Crippen molar-refractivity contribution in [2.45, 2.75) is 87.5 Å². The van der Waals surface area contributed by atoms with E-state index in [2.05, 4.69) is 94.8 Å². The molecule has 5 atom stereocenters. The van der Waals surface area contributed by atoms with Crippen LogP contribution in [-0.4, -0.2) is 41.6 Å². The average Bonchev–Trinajstić information content (AvgIpc) is 3.55. The van der Waals surface area contributed by atoms with Gasteiger partial charge in [-0.3, -0.25) is 4.79 Å². The van der Waals surface area contributed by atoms with Crippen LogP contribution in [0.1, 0.15) is 89.0 Å². The van der Waals surface area contributed by atoms with Crippen molar-refractivity contribution in [3.63, 3.8) is 0 Å². The molecule has 3 fully saturated rings. The van der Waals surface area contributed by atoms with Crippen LogP contribution in [0.5, 0.6) is 0 Å². The van der Waals surface area contributed by atoms with Crippen LogP contribution in [0, 0.1) is 17.3 Å².